The van der Waals surface area contributed by atoms with Crippen molar-refractivity contribution in [3.63, 3.8) is 0 Å². The summed E-state index contributed by atoms with van der Waals surface area (Å²) in [5.41, 5.74) is 4.44. The molecule has 0 fully saturated rings. The fraction of sp³-hybridized carbons (Fsp3) is 0.500. The molecule has 0 amide bonds. The van der Waals surface area contributed by atoms with Crippen molar-refractivity contribution in [1.29, 1.82) is 0 Å². The lowest BCUT2D eigenvalue weighted by Crippen LogP contribution is -2.24. The average molecular weight is 346 g/mol. The van der Waals surface area contributed by atoms with Crippen molar-refractivity contribution < 1.29 is 0 Å². The Morgan fingerprint density at radius 3 is 3.00 bits per heavy atom. The molecule has 1 aromatic carbocycles. The quantitative estimate of drug-likeness (QED) is 0.777. The van der Waals surface area contributed by atoms with Gasteiger partial charge >= 0.3 is 0 Å². The number of hydrogen-bond donors (Lipinski definition) is 1. The molecule has 0 aromatic heterocycles. The van der Waals surface area contributed by atoms with Gasteiger partial charge in [-0.1, -0.05) is 15.9 Å². The highest BCUT2D eigenvalue weighted by molar-refractivity contribution is 9.11. The van der Waals surface area contributed by atoms with Crippen LogP contribution in [-0.4, -0.2) is 26.7 Å². The van der Waals surface area contributed by atoms with E-state index in [1.165, 1.54) is 20.2 Å². The summed E-state index contributed by atoms with van der Waals surface area (Å²) in [5, 5.41) is 3.53. The molecule has 2 heterocycles. The SMILES string of the molecule is CN1CC2CNCCc3c(Br)cc(Br)c1c32. The first kappa shape index (κ1) is 11.1. The van der Waals surface area contributed by atoms with Crippen LogP contribution in [0.1, 0.15) is 17.0 Å². The highest BCUT2D eigenvalue weighted by Gasteiger charge is 2.32. The van der Waals surface area contributed by atoms with Crippen LogP contribution in [0.4, 0.5) is 5.69 Å². The minimum Gasteiger partial charge on any atom is -0.373 e. The summed E-state index contributed by atoms with van der Waals surface area (Å²) >= 11 is 7.39. The number of benzene rings is 1. The number of nitrogens with one attached hydrogen (secondary N) is 1. The van der Waals surface area contributed by atoms with Crippen LogP contribution in [0, 0.1) is 0 Å². The van der Waals surface area contributed by atoms with Gasteiger partial charge in [0.1, 0.15) is 0 Å². The fourth-order valence-corrected chi connectivity index (χ4v) is 4.61. The Morgan fingerprint density at radius 1 is 1.38 bits per heavy atom. The molecular formula is C12H14Br2N2. The van der Waals surface area contributed by atoms with Crippen molar-refractivity contribution >= 4 is 37.5 Å². The zero-order valence-corrected chi connectivity index (χ0v) is 12.4. The zero-order chi connectivity index (χ0) is 11.3. The van der Waals surface area contributed by atoms with Crippen molar-refractivity contribution in [1.82, 2.24) is 5.32 Å². The summed E-state index contributed by atoms with van der Waals surface area (Å²) in [5.74, 6) is 0.645. The third-order valence-electron chi connectivity index (χ3n) is 3.57. The first-order chi connectivity index (χ1) is 7.68. The molecule has 1 atom stereocenters. The predicted molar refractivity (Wildman–Crippen MR) is 74.4 cm³/mol. The van der Waals surface area contributed by atoms with Crippen molar-refractivity contribution in [2.75, 3.05) is 31.6 Å². The van der Waals surface area contributed by atoms with Gasteiger partial charge in [-0.15, -0.1) is 0 Å². The Labute approximate surface area is 113 Å². The van der Waals surface area contributed by atoms with Gasteiger partial charge in [-0.2, -0.15) is 0 Å². The molecule has 86 valence electrons. The van der Waals surface area contributed by atoms with Crippen LogP contribution in [0.3, 0.4) is 0 Å². The van der Waals surface area contributed by atoms with E-state index >= 15 is 0 Å². The number of rotatable bonds is 0. The maximum atomic E-state index is 3.70. The maximum absolute atomic E-state index is 3.70. The molecule has 1 aromatic rings. The summed E-state index contributed by atoms with van der Waals surface area (Å²) in [6, 6.07) is 2.19. The standard InChI is InChI=1S/C12H14Br2N2/c1-16-6-7-5-15-3-2-8-9(13)4-10(14)12(16)11(7)8/h4,7,15H,2-3,5-6H2,1H3. The Morgan fingerprint density at radius 2 is 2.19 bits per heavy atom. The molecule has 0 radical (unpaired) electrons. The van der Waals surface area contributed by atoms with Crippen LogP contribution >= 0.6 is 31.9 Å². The molecule has 0 bridgehead atoms. The smallest absolute Gasteiger partial charge is 0.0548 e. The second-order valence-electron chi connectivity index (χ2n) is 4.61. The lowest BCUT2D eigenvalue weighted by Gasteiger charge is -2.16. The van der Waals surface area contributed by atoms with Crippen molar-refractivity contribution in [2.24, 2.45) is 0 Å². The van der Waals surface area contributed by atoms with E-state index in [-0.39, 0.29) is 0 Å². The van der Waals surface area contributed by atoms with Gasteiger partial charge in [0.2, 0.25) is 0 Å². The molecule has 2 aliphatic heterocycles. The van der Waals surface area contributed by atoms with Crippen molar-refractivity contribution in [2.45, 2.75) is 12.3 Å². The summed E-state index contributed by atoms with van der Waals surface area (Å²) in [6.45, 7) is 3.32. The molecule has 2 nitrogen and oxygen atoms in total. The number of nitrogens with zero attached hydrogens (tertiary/aromatic N) is 1. The van der Waals surface area contributed by atoms with Gasteiger partial charge in [0, 0.05) is 35.0 Å². The van der Waals surface area contributed by atoms with E-state index in [1.54, 1.807) is 5.56 Å². The molecule has 16 heavy (non-hydrogen) atoms. The van der Waals surface area contributed by atoms with E-state index in [2.05, 4.69) is 55.2 Å². The highest BCUT2D eigenvalue weighted by Crippen LogP contribution is 2.46. The normalized spacial score (nSPS) is 23.2. The van der Waals surface area contributed by atoms with E-state index in [0.717, 1.165) is 26.1 Å². The summed E-state index contributed by atoms with van der Waals surface area (Å²) < 4.78 is 2.46. The average Bonchev–Trinajstić information content (AvgIpc) is 2.43. The lowest BCUT2D eigenvalue weighted by atomic mass is 9.95. The van der Waals surface area contributed by atoms with Gasteiger partial charge in [-0.05, 0) is 46.1 Å². The predicted octanol–water partition coefficient (Wildman–Crippen LogP) is 2.89. The largest absolute Gasteiger partial charge is 0.373 e. The van der Waals surface area contributed by atoms with Gasteiger partial charge in [0.15, 0.2) is 0 Å². The number of halogens is 2. The molecular weight excluding hydrogens is 332 g/mol. The Bertz CT molecular complexity index is 445. The first-order valence-electron chi connectivity index (χ1n) is 5.61. The monoisotopic (exact) mass is 344 g/mol. The van der Waals surface area contributed by atoms with E-state index in [0.29, 0.717) is 5.92 Å². The van der Waals surface area contributed by atoms with E-state index < -0.39 is 0 Å². The summed E-state index contributed by atoms with van der Waals surface area (Å²) in [6.07, 6.45) is 1.13. The van der Waals surface area contributed by atoms with Crippen LogP contribution in [0.5, 0.6) is 0 Å². The second-order valence-corrected chi connectivity index (χ2v) is 6.32. The third-order valence-corrected chi connectivity index (χ3v) is 4.89. The second kappa shape index (κ2) is 4.00. The molecule has 2 aliphatic rings. The van der Waals surface area contributed by atoms with Gasteiger partial charge < -0.3 is 10.2 Å². The van der Waals surface area contributed by atoms with Gasteiger partial charge in [-0.25, -0.2) is 0 Å². The Hall–Kier alpha value is -0.0600. The molecule has 0 spiro atoms. The summed E-state index contributed by atoms with van der Waals surface area (Å²) in [4.78, 5) is 2.37. The Kier molecular flexibility index (Phi) is 2.76. The molecule has 1 unspecified atom stereocenters. The molecule has 0 saturated carbocycles. The van der Waals surface area contributed by atoms with Crippen LogP contribution in [0.25, 0.3) is 0 Å². The minimum atomic E-state index is 0.645. The molecule has 1 N–H and O–H groups in total. The molecule has 4 heteroatoms. The van der Waals surface area contributed by atoms with E-state index in [4.69, 9.17) is 0 Å². The first-order valence-corrected chi connectivity index (χ1v) is 7.19. The van der Waals surface area contributed by atoms with Crippen LogP contribution in [-0.2, 0) is 6.42 Å². The lowest BCUT2D eigenvalue weighted by molar-refractivity contribution is 0.625. The van der Waals surface area contributed by atoms with Crippen LogP contribution in [0.15, 0.2) is 15.0 Å². The number of likely N-dealkylation sites (N-methyl/N-ethyl adjacent to an activating group) is 1. The fourth-order valence-electron chi connectivity index (χ4n) is 2.92. The van der Waals surface area contributed by atoms with Crippen molar-refractivity contribution in [3.8, 4) is 0 Å². The highest BCUT2D eigenvalue weighted by atomic mass is 79.9. The maximum Gasteiger partial charge on any atom is 0.0548 e. The molecule has 0 aliphatic carbocycles. The zero-order valence-electron chi connectivity index (χ0n) is 9.19. The van der Waals surface area contributed by atoms with E-state index in [9.17, 15) is 0 Å². The van der Waals surface area contributed by atoms with Crippen LogP contribution in [0.2, 0.25) is 0 Å². The number of anilines is 1. The third kappa shape index (κ3) is 1.54. The van der Waals surface area contributed by atoms with E-state index in [1.807, 2.05) is 0 Å². The molecule has 0 saturated heterocycles. The van der Waals surface area contributed by atoms with Crippen LogP contribution < -0.4 is 10.2 Å². The summed E-state index contributed by atoms with van der Waals surface area (Å²) in [7, 11) is 2.18. The van der Waals surface area contributed by atoms with Crippen molar-refractivity contribution in [3.05, 3.63) is 26.1 Å². The van der Waals surface area contributed by atoms with Gasteiger partial charge in [-0.3, -0.25) is 0 Å². The van der Waals surface area contributed by atoms with Gasteiger partial charge in [0.05, 0.1) is 5.69 Å². The molecule has 3 rings (SSSR count). The number of hydrogen-bond acceptors (Lipinski definition) is 2. The van der Waals surface area contributed by atoms with Gasteiger partial charge in [0.25, 0.3) is 0 Å². The minimum absolute atomic E-state index is 0.645. The topological polar surface area (TPSA) is 15.3 Å². The Balaban J connectivity index is 2.27.